The van der Waals surface area contributed by atoms with Gasteiger partial charge in [-0.1, -0.05) is 12.1 Å². The maximum Gasteiger partial charge on any atom is 0.416 e. The number of nitro benzene ring substituents is 2. The molecule has 21 heteroatoms. The summed E-state index contributed by atoms with van der Waals surface area (Å²) in [7, 11) is -4.18. The van der Waals surface area contributed by atoms with Gasteiger partial charge in [0, 0.05) is 35.3 Å². The van der Waals surface area contributed by atoms with E-state index in [1.807, 2.05) is 5.32 Å². The molecule has 3 aromatic carbocycles. The first-order chi connectivity index (χ1) is 22.3. The molecule has 1 heterocycles. The van der Waals surface area contributed by atoms with E-state index in [0.717, 1.165) is 29.5 Å². The van der Waals surface area contributed by atoms with Gasteiger partial charge in [0.2, 0.25) is 10.0 Å². The average molecular weight is 720 g/mol. The zero-order chi connectivity index (χ0) is 35.4. The zero-order valence-electron chi connectivity index (χ0n) is 23.6. The summed E-state index contributed by atoms with van der Waals surface area (Å²) in [5, 5.41) is 26.4. The molecular weight excluding hydrogens is 700 g/mol. The molecule has 0 spiro atoms. The third kappa shape index (κ3) is 8.74. The molecule has 0 bridgehead atoms. The third-order valence-electron chi connectivity index (χ3n) is 6.11. The lowest BCUT2D eigenvalue weighted by atomic mass is 10.1. The Balaban J connectivity index is 1.40. The van der Waals surface area contributed by atoms with Crippen molar-refractivity contribution in [1.82, 2.24) is 10.0 Å². The van der Waals surface area contributed by atoms with Crippen LogP contribution < -0.4 is 20.1 Å². The van der Waals surface area contributed by atoms with Crippen molar-refractivity contribution < 1.29 is 54.1 Å². The smallest absolute Gasteiger partial charge is 0.416 e. The van der Waals surface area contributed by atoms with E-state index in [0.29, 0.717) is 22.6 Å². The molecule has 4 rings (SSSR count). The molecule has 0 saturated carbocycles. The molecule has 0 aliphatic rings. The second kappa shape index (κ2) is 13.8. The molecule has 0 radical (unpaired) electrons. The number of amides is 2. The lowest BCUT2D eigenvalue weighted by Crippen LogP contribution is -2.36. The Morgan fingerprint density at radius 1 is 0.812 bits per heavy atom. The van der Waals surface area contributed by atoms with E-state index in [2.05, 4.69) is 10.0 Å². The van der Waals surface area contributed by atoms with E-state index in [9.17, 15) is 59.8 Å². The van der Waals surface area contributed by atoms with Crippen LogP contribution in [-0.4, -0.2) is 37.4 Å². The number of urea groups is 1. The minimum Gasteiger partial charge on any atom is -0.456 e. The van der Waals surface area contributed by atoms with Gasteiger partial charge in [-0.05, 0) is 48.5 Å². The van der Waals surface area contributed by atoms with Gasteiger partial charge in [0.1, 0.15) is 15.7 Å². The predicted octanol–water partition coefficient (Wildman–Crippen LogP) is 7.16. The maximum atomic E-state index is 13.0. The van der Waals surface area contributed by atoms with Crippen molar-refractivity contribution in [2.75, 3.05) is 18.4 Å². The van der Waals surface area contributed by atoms with Gasteiger partial charge in [0.15, 0.2) is 0 Å². The monoisotopic (exact) mass is 719 g/mol. The molecule has 0 saturated heterocycles. The normalized spacial score (nSPS) is 12.0. The van der Waals surface area contributed by atoms with Gasteiger partial charge in [0.25, 0.3) is 0 Å². The van der Waals surface area contributed by atoms with Crippen molar-refractivity contribution in [1.29, 1.82) is 0 Å². The highest BCUT2D eigenvalue weighted by molar-refractivity contribution is 7.91. The van der Waals surface area contributed by atoms with Crippen LogP contribution >= 0.6 is 11.3 Å². The van der Waals surface area contributed by atoms with Crippen molar-refractivity contribution in [3.05, 3.63) is 104 Å². The third-order valence-corrected chi connectivity index (χ3v) is 9.19. The molecule has 4 aromatic rings. The summed E-state index contributed by atoms with van der Waals surface area (Å²) < 4.78 is 112. The predicted molar refractivity (Wildman–Crippen MR) is 158 cm³/mol. The summed E-state index contributed by atoms with van der Waals surface area (Å²) >= 11 is 0.793. The molecule has 254 valence electrons. The average Bonchev–Trinajstić information content (AvgIpc) is 3.50. The number of ether oxygens (including phenoxy) is 1. The molecular formula is C27H19F6N5O8S2. The summed E-state index contributed by atoms with van der Waals surface area (Å²) in [6, 6.07) is 11.2. The number of carbonyl (C=O) groups excluding carboxylic acids is 1. The van der Waals surface area contributed by atoms with Crippen LogP contribution in [0.5, 0.6) is 11.5 Å². The van der Waals surface area contributed by atoms with Crippen molar-refractivity contribution in [2.24, 2.45) is 0 Å². The van der Waals surface area contributed by atoms with Crippen LogP contribution in [0.2, 0.25) is 0 Å². The van der Waals surface area contributed by atoms with Gasteiger partial charge < -0.3 is 15.4 Å². The molecule has 0 atom stereocenters. The standard InChI is InChI=1S/C27H19F6N5O8S2/c28-26(29,30)15-11-16(27(31,32)33)13-17(12-15)36-25(39)34-9-10-35-48(44,45)24-8-7-23(47-24)19-3-1-2-4-22(19)46-18-5-6-20(37(40)41)21(14-18)38(42)43/h1-8,11-14,35H,9-10H2,(H2,34,36,39). The Labute approximate surface area is 269 Å². The molecule has 13 nitrogen and oxygen atoms in total. The Morgan fingerprint density at radius 3 is 2.04 bits per heavy atom. The number of nitro groups is 2. The van der Waals surface area contributed by atoms with Crippen molar-refractivity contribution >= 4 is 44.5 Å². The van der Waals surface area contributed by atoms with Gasteiger partial charge in [-0.3, -0.25) is 20.2 Å². The molecule has 1 aromatic heterocycles. The Morgan fingerprint density at radius 2 is 1.44 bits per heavy atom. The molecule has 0 fully saturated rings. The van der Waals surface area contributed by atoms with E-state index in [-0.39, 0.29) is 21.8 Å². The van der Waals surface area contributed by atoms with E-state index in [1.54, 1.807) is 18.2 Å². The van der Waals surface area contributed by atoms with E-state index >= 15 is 0 Å². The number of hydrogen-bond acceptors (Lipinski definition) is 9. The molecule has 2 amide bonds. The molecule has 48 heavy (non-hydrogen) atoms. The summed E-state index contributed by atoms with van der Waals surface area (Å²) in [5.41, 5.74) is -5.25. The lowest BCUT2D eigenvalue weighted by Gasteiger charge is -2.15. The Kier molecular flexibility index (Phi) is 10.3. The van der Waals surface area contributed by atoms with Gasteiger partial charge in [0.05, 0.1) is 27.0 Å². The van der Waals surface area contributed by atoms with E-state index in [4.69, 9.17) is 4.74 Å². The van der Waals surface area contributed by atoms with Crippen LogP contribution in [0, 0.1) is 20.2 Å². The number of carbonyl (C=O) groups is 1. The summed E-state index contributed by atoms with van der Waals surface area (Å²) in [6.45, 7) is -0.829. The molecule has 3 N–H and O–H groups in total. The minimum atomic E-state index is -5.13. The van der Waals surface area contributed by atoms with Crippen LogP contribution in [-0.2, 0) is 22.4 Å². The number of para-hydroxylation sites is 1. The number of anilines is 1. The number of nitrogens with zero attached hydrogens (tertiary/aromatic N) is 2. The fourth-order valence-electron chi connectivity index (χ4n) is 4.00. The van der Waals surface area contributed by atoms with Gasteiger partial charge >= 0.3 is 29.8 Å². The van der Waals surface area contributed by atoms with E-state index < -0.39 is 79.5 Å². The van der Waals surface area contributed by atoms with Crippen molar-refractivity contribution in [3.63, 3.8) is 0 Å². The fourth-order valence-corrected chi connectivity index (χ4v) is 6.41. The highest BCUT2D eigenvalue weighted by Crippen LogP contribution is 2.40. The molecule has 0 aliphatic heterocycles. The number of nitrogens with one attached hydrogen (secondary N) is 3. The molecule has 0 aliphatic carbocycles. The van der Waals surface area contributed by atoms with Gasteiger partial charge in [-0.15, -0.1) is 11.3 Å². The summed E-state index contributed by atoms with van der Waals surface area (Å²) in [5.74, 6) is 0.0361. The highest BCUT2D eigenvalue weighted by atomic mass is 32.2. The van der Waals surface area contributed by atoms with Gasteiger partial charge in [-0.2, -0.15) is 26.3 Å². The van der Waals surface area contributed by atoms with Gasteiger partial charge in [-0.25, -0.2) is 17.9 Å². The maximum absolute atomic E-state index is 13.0. The Hall–Kier alpha value is -5.28. The number of benzene rings is 3. The lowest BCUT2D eigenvalue weighted by molar-refractivity contribution is -0.422. The summed E-state index contributed by atoms with van der Waals surface area (Å²) in [4.78, 5) is 33.0. The second-order valence-electron chi connectivity index (χ2n) is 9.45. The topological polar surface area (TPSA) is 183 Å². The molecule has 0 unspecified atom stereocenters. The first-order valence-corrected chi connectivity index (χ1v) is 15.3. The summed E-state index contributed by atoms with van der Waals surface area (Å²) in [6.07, 6.45) is -10.3. The van der Waals surface area contributed by atoms with Crippen LogP contribution in [0.3, 0.4) is 0 Å². The van der Waals surface area contributed by atoms with Crippen LogP contribution in [0.4, 0.5) is 48.2 Å². The van der Waals surface area contributed by atoms with Crippen LogP contribution in [0.25, 0.3) is 10.4 Å². The quantitative estimate of drug-likeness (QED) is 0.0631. The van der Waals surface area contributed by atoms with Crippen molar-refractivity contribution in [3.8, 4) is 21.9 Å². The highest BCUT2D eigenvalue weighted by Gasteiger charge is 2.37. The van der Waals surface area contributed by atoms with E-state index in [1.165, 1.54) is 18.2 Å². The number of halogens is 6. The zero-order valence-corrected chi connectivity index (χ0v) is 25.2. The number of rotatable bonds is 11. The fraction of sp³-hybridized carbons (Fsp3) is 0.148. The minimum absolute atomic E-state index is 0.101. The second-order valence-corrected chi connectivity index (χ2v) is 12.5. The largest absolute Gasteiger partial charge is 0.456 e. The number of thiophene rings is 1. The first-order valence-electron chi connectivity index (χ1n) is 13.0. The number of alkyl halides is 6. The number of hydrogen-bond donors (Lipinski definition) is 3. The van der Waals surface area contributed by atoms with Crippen molar-refractivity contribution in [2.45, 2.75) is 16.6 Å². The van der Waals surface area contributed by atoms with Crippen LogP contribution in [0.1, 0.15) is 11.1 Å². The SMILES string of the molecule is O=C(NCCNS(=O)(=O)c1ccc(-c2ccccc2Oc2ccc([N+](=O)[O-])c([N+](=O)[O-])c2)s1)Nc1cc(C(F)(F)F)cc(C(F)(F)F)c1. The Bertz CT molecular complexity index is 1950. The van der Waals surface area contributed by atoms with Crippen LogP contribution in [0.15, 0.2) is 77.0 Å². The first kappa shape index (κ1) is 35.6. The number of sulfonamides is 1.